The second-order valence-electron chi connectivity index (χ2n) is 0.175. The first-order valence-electron chi connectivity index (χ1n) is 0.705. The van der Waals surface area contributed by atoms with E-state index in [9.17, 15) is 0 Å². The molecule has 0 bridgehead atoms. The van der Waals surface area contributed by atoms with E-state index in [4.69, 9.17) is 10.1 Å². The van der Waals surface area contributed by atoms with Crippen molar-refractivity contribution in [3.63, 3.8) is 0 Å². The van der Waals surface area contributed by atoms with E-state index in [-0.39, 0.29) is 103 Å². The molecule has 0 aliphatic heterocycles. The summed E-state index contributed by atoms with van der Waals surface area (Å²) < 4.78 is 0. The van der Waals surface area contributed by atoms with Crippen molar-refractivity contribution >= 4 is 130 Å². The molecule has 8 heavy (non-hydrogen) atoms. The van der Waals surface area contributed by atoms with Crippen molar-refractivity contribution < 1.29 is 27.7 Å². The molecule has 0 amide bonds. The van der Waals surface area contributed by atoms with Gasteiger partial charge in [0.1, 0.15) is 0 Å². The van der Waals surface area contributed by atoms with Crippen LogP contribution in [0.2, 0.25) is 0 Å². The van der Waals surface area contributed by atoms with Crippen LogP contribution in [-0.4, -0.2) is 114 Å². The minimum absolute atomic E-state index is 0. The molecule has 0 aromatic heterocycles. The fourth-order valence-electron chi connectivity index (χ4n) is 0. The Kier molecular flexibility index (Phi) is 86.8. The Morgan fingerprint density at radius 1 is 1.50 bits per heavy atom. The third-order valence-electron chi connectivity index (χ3n) is 0.0373. The molecule has 2 radical (unpaired) electrons. The molecule has 0 atom stereocenters. The van der Waals surface area contributed by atoms with E-state index in [0.717, 1.165) is 6.47 Å². The maximum atomic E-state index is 8.58. The number of halogens is 1. The average Bonchev–Trinajstić information content (AvgIpc) is 1.72. The fourth-order valence-corrected chi connectivity index (χ4v) is 0. The zero-order chi connectivity index (χ0) is 5.41. The SMILES string of the molecule is O=[C-]OO.[Cu+][I].[K].[K]. The third kappa shape index (κ3) is 32.5. The summed E-state index contributed by atoms with van der Waals surface area (Å²) in [5.74, 6) is 0. The second kappa shape index (κ2) is 30.6. The molecule has 0 aliphatic carbocycles. The topological polar surface area (TPSA) is 46.5 Å². The molecule has 0 rings (SSSR count). The molecule has 0 saturated carbocycles. The van der Waals surface area contributed by atoms with Gasteiger partial charge in [-0.2, -0.15) is 0 Å². The summed E-state index contributed by atoms with van der Waals surface area (Å²) in [6.07, 6.45) is 0. The molecular formula is CHCuIK2O3. The molecule has 7 heteroatoms. The first kappa shape index (κ1) is 22.7. The van der Waals surface area contributed by atoms with Crippen molar-refractivity contribution in [2.45, 2.75) is 0 Å². The quantitative estimate of drug-likeness (QED) is 0.235. The molecule has 43 valence electrons. The van der Waals surface area contributed by atoms with Gasteiger partial charge in [0.05, 0.1) is 0 Å². The summed E-state index contributed by atoms with van der Waals surface area (Å²) in [5.41, 5.74) is 0. The number of hydrogen-bond donors (Lipinski definition) is 1. The van der Waals surface area contributed by atoms with E-state index in [0.29, 0.717) is 0 Å². The summed E-state index contributed by atoms with van der Waals surface area (Å²) in [6.45, 7) is 0.736. The van der Waals surface area contributed by atoms with Gasteiger partial charge < -0.3 is 9.68 Å². The minimum atomic E-state index is 0. The predicted molar refractivity (Wildman–Crippen MR) is 34.9 cm³/mol. The molecule has 0 spiro atoms. The van der Waals surface area contributed by atoms with Crippen molar-refractivity contribution in [1.29, 1.82) is 0 Å². The van der Waals surface area contributed by atoms with Crippen molar-refractivity contribution in [1.82, 2.24) is 0 Å². The van der Waals surface area contributed by atoms with Gasteiger partial charge in [0.15, 0.2) is 0 Å². The summed E-state index contributed by atoms with van der Waals surface area (Å²) in [7, 11) is 0. The number of carbonyl (C=O) groups excluding carboxylic acids is 1. The molecule has 1 N–H and O–H groups in total. The molecule has 0 unspecified atom stereocenters. The number of rotatable bonds is 1. The molecule has 3 nitrogen and oxygen atoms in total. The standard InChI is InChI=1S/CHO3.Cu.HI.2K/c2-1-4-3;;;;/h3H;;1H;;/q-1;+2;;;/p-1. The summed E-state index contributed by atoms with van der Waals surface area (Å²) in [5, 5.41) is 6.95. The van der Waals surface area contributed by atoms with Crippen LogP contribution in [0, 0.1) is 0 Å². The van der Waals surface area contributed by atoms with E-state index in [2.05, 4.69) is 17.7 Å². The van der Waals surface area contributed by atoms with Gasteiger partial charge >= 0.3 is 33.1 Å². The Labute approximate surface area is 152 Å². The van der Waals surface area contributed by atoms with E-state index >= 15 is 0 Å². The first-order chi connectivity index (χ1) is 2.91. The zero-order valence-corrected chi connectivity index (χ0v) is 13.8. The molecule has 0 aromatic carbocycles. The van der Waals surface area contributed by atoms with Crippen LogP contribution >= 0.6 is 20.3 Å². The molecule has 0 fully saturated rings. The summed E-state index contributed by atoms with van der Waals surface area (Å²) in [4.78, 5) is 11.3. The fraction of sp³-hybridized carbons (Fsp3) is 0. The largest absolute Gasteiger partial charge is 0 e. The Bertz CT molecular complexity index is 31.2. The zero-order valence-electron chi connectivity index (χ0n) is 4.44. The monoisotopic (exact) mass is 329 g/mol. The van der Waals surface area contributed by atoms with Gasteiger partial charge in [-0.25, -0.2) is 5.26 Å². The van der Waals surface area contributed by atoms with Crippen LogP contribution in [0.1, 0.15) is 0 Å². The van der Waals surface area contributed by atoms with Crippen LogP contribution in [0.15, 0.2) is 0 Å². The Morgan fingerprint density at radius 2 is 1.62 bits per heavy atom. The van der Waals surface area contributed by atoms with Crippen molar-refractivity contribution in [3.05, 3.63) is 0 Å². The van der Waals surface area contributed by atoms with Gasteiger partial charge in [0.25, 0.3) is 0 Å². The van der Waals surface area contributed by atoms with Gasteiger partial charge in [-0.3, -0.25) is 0 Å². The second-order valence-corrected chi connectivity index (χ2v) is 0.175. The van der Waals surface area contributed by atoms with E-state index in [1.807, 2.05) is 0 Å². The van der Waals surface area contributed by atoms with Crippen molar-refractivity contribution in [2.24, 2.45) is 0 Å². The van der Waals surface area contributed by atoms with Gasteiger partial charge in [-0.15, -0.1) is 0 Å². The maximum absolute atomic E-state index is 8.58. The van der Waals surface area contributed by atoms with E-state index in [1.54, 1.807) is 20.3 Å². The normalized spacial score (nSPS) is 3.50. The molecular weight excluding hydrogens is 329 g/mol. The van der Waals surface area contributed by atoms with Crippen molar-refractivity contribution in [2.75, 3.05) is 0 Å². The smallest absolute Gasteiger partial charge is 0 e. The van der Waals surface area contributed by atoms with Crippen LogP contribution in [0.3, 0.4) is 0 Å². The molecule has 0 heterocycles. The summed E-state index contributed by atoms with van der Waals surface area (Å²) >= 11 is 5.87. The predicted octanol–water partition coefficient (Wildman–Crippen LogP) is -0.335. The van der Waals surface area contributed by atoms with Crippen LogP contribution in [0.25, 0.3) is 0 Å². The van der Waals surface area contributed by atoms with E-state index in [1.165, 1.54) is 0 Å². The molecule has 0 aromatic rings. The van der Waals surface area contributed by atoms with Gasteiger partial charge in [-0.05, 0) is 6.47 Å². The summed E-state index contributed by atoms with van der Waals surface area (Å²) in [6, 6.07) is 0. The Hall–Kier alpha value is 3.95. The van der Waals surface area contributed by atoms with Crippen molar-refractivity contribution in [3.8, 4) is 0 Å². The number of hydrogen-bond acceptors (Lipinski definition) is 3. The van der Waals surface area contributed by atoms with Crippen LogP contribution < -0.4 is 0 Å². The van der Waals surface area contributed by atoms with Crippen LogP contribution in [-0.2, 0) is 22.4 Å². The Balaban J connectivity index is -0.0000000183. The third-order valence-corrected chi connectivity index (χ3v) is 0.0373. The minimum Gasteiger partial charge on any atom is 0 e. The molecule has 0 saturated heterocycles. The average molecular weight is 330 g/mol. The maximum Gasteiger partial charge on any atom is 0 e. The van der Waals surface area contributed by atoms with Crippen LogP contribution in [0.4, 0.5) is 0 Å². The van der Waals surface area contributed by atoms with Gasteiger partial charge in [0, 0.05) is 103 Å². The van der Waals surface area contributed by atoms with Gasteiger partial charge in [-0.1, -0.05) is 0 Å². The Morgan fingerprint density at radius 3 is 1.62 bits per heavy atom. The van der Waals surface area contributed by atoms with Crippen LogP contribution in [0.5, 0.6) is 0 Å². The molecule has 0 aliphatic rings. The van der Waals surface area contributed by atoms with E-state index < -0.39 is 0 Å². The van der Waals surface area contributed by atoms with Gasteiger partial charge in [0.2, 0.25) is 0 Å². The first-order valence-corrected chi connectivity index (χ1v) is 3.74.